The standard InChI is InChI=1S/C13H18BrN5/c1-7-11(15)6-17-13(12(7)14)16-5-10-8(2)18-19(4)9(10)3/h6H,5,15H2,1-4H3,(H,16,17). The number of nitrogens with zero attached hydrogens (tertiary/aromatic N) is 3. The first-order valence-corrected chi connectivity index (χ1v) is 6.84. The van der Waals surface area contributed by atoms with Crippen molar-refractivity contribution >= 4 is 27.4 Å². The average molecular weight is 324 g/mol. The number of anilines is 2. The number of nitrogens with one attached hydrogen (secondary N) is 1. The number of nitrogen functional groups attached to an aromatic ring is 1. The minimum Gasteiger partial charge on any atom is -0.397 e. The number of hydrogen-bond donors (Lipinski definition) is 2. The van der Waals surface area contributed by atoms with Crippen molar-refractivity contribution in [2.45, 2.75) is 27.3 Å². The van der Waals surface area contributed by atoms with Crippen LogP contribution < -0.4 is 11.1 Å². The summed E-state index contributed by atoms with van der Waals surface area (Å²) in [5.74, 6) is 0.800. The first-order valence-electron chi connectivity index (χ1n) is 6.05. The lowest BCUT2D eigenvalue weighted by Gasteiger charge is -2.11. The van der Waals surface area contributed by atoms with Gasteiger partial charge in [0.1, 0.15) is 5.82 Å². The Labute approximate surface area is 121 Å². The van der Waals surface area contributed by atoms with Gasteiger partial charge in [-0.15, -0.1) is 0 Å². The van der Waals surface area contributed by atoms with E-state index in [-0.39, 0.29) is 0 Å². The van der Waals surface area contributed by atoms with Gasteiger partial charge in [0.15, 0.2) is 0 Å². The van der Waals surface area contributed by atoms with Gasteiger partial charge in [-0.2, -0.15) is 5.10 Å². The zero-order valence-corrected chi connectivity index (χ0v) is 13.2. The van der Waals surface area contributed by atoms with Gasteiger partial charge in [-0.3, -0.25) is 4.68 Å². The summed E-state index contributed by atoms with van der Waals surface area (Å²) in [6, 6.07) is 0. The molecule has 0 saturated heterocycles. The van der Waals surface area contributed by atoms with E-state index >= 15 is 0 Å². The van der Waals surface area contributed by atoms with Crippen LogP contribution in [0.3, 0.4) is 0 Å². The Bertz CT molecular complexity index is 618. The summed E-state index contributed by atoms with van der Waals surface area (Å²) in [6.45, 7) is 6.74. The van der Waals surface area contributed by atoms with Crippen LogP contribution in [-0.2, 0) is 13.6 Å². The molecule has 0 radical (unpaired) electrons. The van der Waals surface area contributed by atoms with Crippen molar-refractivity contribution in [2.24, 2.45) is 7.05 Å². The van der Waals surface area contributed by atoms with E-state index in [2.05, 4.69) is 38.3 Å². The first-order chi connectivity index (χ1) is 8.91. The molecule has 0 amide bonds. The second-order valence-electron chi connectivity index (χ2n) is 4.63. The molecule has 0 bridgehead atoms. The highest BCUT2D eigenvalue weighted by molar-refractivity contribution is 9.10. The van der Waals surface area contributed by atoms with Crippen LogP contribution >= 0.6 is 15.9 Å². The molecule has 0 saturated carbocycles. The molecule has 0 unspecified atom stereocenters. The highest BCUT2D eigenvalue weighted by atomic mass is 79.9. The van der Waals surface area contributed by atoms with Gasteiger partial charge in [0.2, 0.25) is 0 Å². The number of halogens is 1. The number of aromatic nitrogens is 3. The van der Waals surface area contributed by atoms with E-state index in [1.165, 1.54) is 5.56 Å². The van der Waals surface area contributed by atoms with Crippen molar-refractivity contribution in [3.05, 3.63) is 33.2 Å². The Morgan fingerprint density at radius 2 is 2.05 bits per heavy atom. The average Bonchev–Trinajstić information content (AvgIpc) is 2.61. The smallest absolute Gasteiger partial charge is 0.140 e. The summed E-state index contributed by atoms with van der Waals surface area (Å²) in [5.41, 5.74) is 10.9. The zero-order valence-electron chi connectivity index (χ0n) is 11.6. The van der Waals surface area contributed by atoms with Crippen LogP contribution in [0, 0.1) is 20.8 Å². The fourth-order valence-corrected chi connectivity index (χ4v) is 2.43. The van der Waals surface area contributed by atoms with Crippen molar-refractivity contribution in [1.29, 1.82) is 0 Å². The van der Waals surface area contributed by atoms with Crippen LogP contribution in [0.4, 0.5) is 11.5 Å². The molecule has 0 aromatic carbocycles. The molecule has 19 heavy (non-hydrogen) atoms. The highest BCUT2D eigenvalue weighted by Gasteiger charge is 2.11. The molecule has 0 aliphatic rings. The van der Waals surface area contributed by atoms with Crippen molar-refractivity contribution < 1.29 is 0 Å². The van der Waals surface area contributed by atoms with Gasteiger partial charge in [0.25, 0.3) is 0 Å². The van der Waals surface area contributed by atoms with E-state index in [9.17, 15) is 0 Å². The molecular formula is C13H18BrN5. The van der Waals surface area contributed by atoms with E-state index in [4.69, 9.17) is 5.73 Å². The molecular weight excluding hydrogens is 306 g/mol. The Morgan fingerprint density at radius 3 is 2.63 bits per heavy atom. The van der Waals surface area contributed by atoms with E-state index in [0.29, 0.717) is 12.2 Å². The molecule has 5 nitrogen and oxygen atoms in total. The van der Waals surface area contributed by atoms with Gasteiger partial charge in [-0.1, -0.05) is 0 Å². The van der Waals surface area contributed by atoms with Gasteiger partial charge in [0.05, 0.1) is 22.1 Å². The molecule has 2 aromatic heterocycles. The maximum atomic E-state index is 5.81. The van der Waals surface area contributed by atoms with E-state index in [1.807, 2.05) is 25.6 Å². The first kappa shape index (κ1) is 13.9. The van der Waals surface area contributed by atoms with Gasteiger partial charge < -0.3 is 11.1 Å². The summed E-state index contributed by atoms with van der Waals surface area (Å²) >= 11 is 3.52. The zero-order chi connectivity index (χ0) is 14.2. The highest BCUT2D eigenvalue weighted by Crippen LogP contribution is 2.28. The number of nitrogens with two attached hydrogens (primary N) is 1. The molecule has 0 atom stereocenters. The van der Waals surface area contributed by atoms with Gasteiger partial charge in [-0.25, -0.2) is 4.98 Å². The summed E-state index contributed by atoms with van der Waals surface area (Å²) in [4.78, 5) is 4.31. The lowest BCUT2D eigenvalue weighted by Crippen LogP contribution is -2.06. The largest absolute Gasteiger partial charge is 0.397 e. The summed E-state index contributed by atoms with van der Waals surface area (Å²) in [6.07, 6.45) is 1.67. The predicted octanol–water partition coefficient (Wildman–Crippen LogP) is 2.70. The third-order valence-corrected chi connectivity index (χ3v) is 4.36. The van der Waals surface area contributed by atoms with Crippen LogP contribution in [0.2, 0.25) is 0 Å². The number of hydrogen-bond acceptors (Lipinski definition) is 4. The molecule has 0 fully saturated rings. The number of aryl methyl sites for hydroxylation is 2. The minimum atomic E-state index is 0.686. The van der Waals surface area contributed by atoms with Crippen LogP contribution in [0.5, 0.6) is 0 Å². The van der Waals surface area contributed by atoms with Crippen LogP contribution in [-0.4, -0.2) is 14.8 Å². The van der Waals surface area contributed by atoms with Crippen LogP contribution in [0.15, 0.2) is 10.7 Å². The minimum absolute atomic E-state index is 0.686. The maximum absolute atomic E-state index is 5.81. The van der Waals surface area contributed by atoms with E-state index < -0.39 is 0 Å². The SMILES string of the molecule is Cc1nn(C)c(C)c1CNc1ncc(N)c(C)c1Br. The third kappa shape index (κ3) is 2.58. The van der Waals surface area contributed by atoms with Gasteiger partial charge >= 0.3 is 0 Å². The normalized spacial score (nSPS) is 10.8. The van der Waals surface area contributed by atoms with E-state index in [1.54, 1.807) is 6.20 Å². The summed E-state index contributed by atoms with van der Waals surface area (Å²) < 4.78 is 2.80. The van der Waals surface area contributed by atoms with Crippen LogP contribution in [0.25, 0.3) is 0 Å². The molecule has 3 N–H and O–H groups in total. The Morgan fingerprint density at radius 1 is 1.37 bits per heavy atom. The maximum Gasteiger partial charge on any atom is 0.140 e. The second-order valence-corrected chi connectivity index (χ2v) is 5.42. The molecule has 0 aliphatic heterocycles. The Hall–Kier alpha value is -1.56. The van der Waals surface area contributed by atoms with Gasteiger partial charge in [0, 0.05) is 24.8 Å². The Balaban J connectivity index is 2.22. The van der Waals surface area contributed by atoms with E-state index in [0.717, 1.165) is 27.2 Å². The second kappa shape index (κ2) is 5.21. The molecule has 2 heterocycles. The molecule has 102 valence electrons. The predicted molar refractivity (Wildman–Crippen MR) is 81.1 cm³/mol. The number of rotatable bonds is 3. The Kier molecular flexibility index (Phi) is 3.80. The lowest BCUT2D eigenvalue weighted by molar-refractivity contribution is 0.730. The monoisotopic (exact) mass is 323 g/mol. The van der Waals surface area contributed by atoms with Crippen molar-refractivity contribution in [2.75, 3.05) is 11.1 Å². The molecule has 0 aliphatic carbocycles. The molecule has 6 heteroatoms. The third-order valence-electron chi connectivity index (χ3n) is 3.39. The van der Waals surface area contributed by atoms with Gasteiger partial charge in [-0.05, 0) is 42.3 Å². The van der Waals surface area contributed by atoms with Crippen molar-refractivity contribution in [1.82, 2.24) is 14.8 Å². The molecule has 2 rings (SSSR count). The summed E-state index contributed by atoms with van der Waals surface area (Å²) in [7, 11) is 1.95. The fraction of sp³-hybridized carbons (Fsp3) is 0.385. The topological polar surface area (TPSA) is 68.8 Å². The van der Waals surface area contributed by atoms with Crippen molar-refractivity contribution in [3.8, 4) is 0 Å². The van der Waals surface area contributed by atoms with Crippen molar-refractivity contribution in [3.63, 3.8) is 0 Å². The molecule has 0 spiro atoms. The lowest BCUT2D eigenvalue weighted by atomic mass is 10.2. The quantitative estimate of drug-likeness (QED) is 0.911. The number of pyridine rings is 1. The van der Waals surface area contributed by atoms with Crippen LogP contribution in [0.1, 0.15) is 22.5 Å². The molecule has 2 aromatic rings. The summed E-state index contributed by atoms with van der Waals surface area (Å²) in [5, 5.41) is 7.73. The fourth-order valence-electron chi connectivity index (χ4n) is 1.96.